The molecule has 0 amide bonds. The van der Waals surface area contributed by atoms with E-state index in [1.165, 1.54) is 11.1 Å². The van der Waals surface area contributed by atoms with Crippen LogP contribution >= 0.6 is 0 Å². The van der Waals surface area contributed by atoms with Crippen LogP contribution in [0.2, 0.25) is 0 Å². The van der Waals surface area contributed by atoms with Crippen molar-refractivity contribution in [1.29, 1.82) is 0 Å². The smallest absolute Gasteiger partial charge is 0.250 e. The number of hydrogen-bond donors (Lipinski definition) is 1. The second-order valence-corrected chi connectivity index (χ2v) is 4.72. The molecule has 2 aromatic rings. The lowest BCUT2D eigenvalue weighted by Gasteiger charge is -2.07. The highest BCUT2D eigenvalue weighted by atomic mass is 16.1. The zero-order valence-corrected chi connectivity index (χ0v) is 11.3. The van der Waals surface area contributed by atoms with Gasteiger partial charge in [-0.25, -0.2) is 0 Å². The van der Waals surface area contributed by atoms with E-state index in [1.807, 2.05) is 12.3 Å². The highest BCUT2D eigenvalue weighted by Gasteiger charge is 1.95. The molecule has 3 heteroatoms. The van der Waals surface area contributed by atoms with Gasteiger partial charge in [0.15, 0.2) is 0 Å². The fraction of sp³-hybridized carbons (Fsp3) is 0.312. The molecule has 1 heterocycles. The largest absolute Gasteiger partial charge is 0.315 e. The summed E-state index contributed by atoms with van der Waals surface area (Å²) in [5.74, 6) is 0. The Bertz CT molecular complexity index is 575. The second-order valence-electron chi connectivity index (χ2n) is 4.72. The van der Waals surface area contributed by atoms with Crippen molar-refractivity contribution in [3.05, 3.63) is 70.1 Å². The third kappa shape index (κ3) is 4.38. The van der Waals surface area contributed by atoms with Crippen LogP contribution in [0.25, 0.3) is 0 Å². The van der Waals surface area contributed by atoms with Crippen LogP contribution in [0.1, 0.15) is 11.1 Å². The molecule has 100 valence electrons. The molecule has 0 radical (unpaired) electrons. The Balaban J connectivity index is 1.70. The van der Waals surface area contributed by atoms with Crippen LogP contribution < -0.4 is 10.9 Å². The predicted octanol–water partition coefficient (Wildman–Crippen LogP) is 1.99. The van der Waals surface area contributed by atoms with Crippen LogP contribution in [-0.4, -0.2) is 17.7 Å². The molecule has 0 aliphatic rings. The van der Waals surface area contributed by atoms with Crippen LogP contribution in [0.4, 0.5) is 0 Å². The Kier molecular flexibility index (Phi) is 4.93. The van der Waals surface area contributed by atoms with E-state index >= 15 is 0 Å². The molecule has 1 aromatic carbocycles. The number of aryl methyl sites for hydroxylation is 1. The van der Waals surface area contributed by atoms with Gasteiger partial charge in [-0.2, -0.15) is 0 Å². The minimum absolute atomic E-state index is 0.0583. The van der Waals surface area contributed by atoms with Gasteiger partial charge in [-0.15, -0.1) is 0 Å². The molecule has 19 heavy (non-hydrogen) atoms. The van der Waals surface area contributed by atoms with Crippen LogP contribution in [0.5, 0.6) is 0 Å². The average molecular weight is 256 g/mol. The van der Waals surface area contributed by atoms with E-state index in [1.54, 1.807) is 16.7 Å². The molecule has 3 nitrogen and oxygen atoms in total. The number of aromatic nitrogens is 1. The van der Waals surface area contributed by atoms with Crippen molar-refractivity contribution >= 4 is 0 Å². The first-order valence-corrected chi connectivity index (χ1v) is 6.67. The van der Waals surface area contributed by atoms with Crippen molar-refractivity contribution in [2.75, 3.05) is 13.1 Å². The molecule has 0 spiro atoms. The maximum absolute atomic E-state index is 11.5. The van der Waals surface area contributed by atoms with Crippen molar-refractivity contribution in [2.24, 2.45) is 0 Å². The SMILES string of the molecule is Cc1cccc(CCNCCn2ccccc2=O)c1. The van der Waals surface area contributed by atoms with E-state index in [2.05, 4.69) is 36.5 Å². The third-order valence-corrected chi connectivity index (χ3v) is 3.10. The van der Waals surface area contributed by atoms with E-state index in [-0.39, 0.29) is 5.56 Å². The summed E-state index contributed by atoms with van der Waals surface area (Å²) < 4.78 is 1.72. The summed E-state index contributed by atoms with van der Waals surface area (Å²) in [6.07, 6.45) is 2.84. The highest BCUT2D eigenvalue weighted by molar-refractivity contribution is 5.22. The molecule has 0 aliphatic carbocycles. The molecule has 0 atom stereocenters. The van der Waals surface area contributed by atoms with E-state index in [0.29, 0.717) is 6.54 Å². The van der Waals surface area contributed by atoms with Gasteiger partial charge in [0.1, 0.15) is 0 Å². The van der Waals surface area contributed by atoms with Crippen molar-refractivity contribution in [3.8, 4) is 0 Å². The topological polar surface area (TPSA) is 34.0 Å². The number of pyridine rings is 1. The van der Waals surface area contributed by atoms with Gasteiger partial charge < -0.3 is 9.88 Å². The first kappa shape index (κ1) is 13.6. The number of nitrogens with zero attached hydrogens (tertiary/aromatic N) is 1. The first-order valence-electron chi connectivity index (χ1n) is 6.67. The van der Waals surface area contributed by atoms with Gasteiger partial charge in [-0.3, -0.25) is 4.79 Å². The van der Waals surface area contributed by atoms with Crippen molar-refractivity contribution in [2.45, 2.75) is 19.9 Å². The predicted molar refractivity (Wildman–Crippen MR) is 78.5 cm³/mol. The van der Waals surface area contributed by atoms with Gasteiger partial charge in [0.05, 0.1) is 0 Å². The van der Waals surface area contributed by atoms with Crippen molar-refractivity contribution < 1.29 is 0 Å². The normalized spacial score (nSPS) is 10.6. The Morgan fingerprint density at radius 3 is 2.79 bits per heavy atom. The lowest BCUT2D eigenvalue weighted by molar-refractivity contribution is 0.586. The molecule has 0 bridgehead atoms. The van der Waals surface area contributed by atoms with Crippen LogP contribution in [0, 0.1) is 6.92 Å². The minimum Gasteiger partial charge on any atom is -0.315 e. The minimum atomic E-state index is 0.0583. The number of benzene rings is 1. The summed E-state index contributed by atoms with van der Waals surface area (Å²) in [5.41, 5.74) is 2.71. The maximum atomic E-state index is 11.5. The van der Waals surface area contributed by atoms with Gasteiger partial charge in [0.2, 0.25) is 0 Å². The van der Waals surface area contributed by atoms with Gasteiger partial charge in [-0.1, -0.05) is 35.9 Å². The molecule has 0 aliphatic heterocycles. The van der Waals surface area contributed by atoms with Crippen LogP contribution in [0.15, 0.2) is 53.5 Å². The van der Waals surface area contributed by atoms with Crippen molar-refractivity contribution in [3.63, 3.8) is 0 Å². The maximum Gasteiger partial charge on any atom is 0.250 e. The molecule has 0 saturated carbocycles. The lowest BCUT2D eigenvalue weighted by atomic mass is 10.1. The van der Waals surface area contributed by atoms with Gasteiger partial charge in [-0.05, 0) is 31.5 Å². The average Bonchev–Trinajstić information content (AvgIpc) is 2.40. The van der Waals surface area contributed by atoms with E-state index in [0.717, 1.165) is 19.5 Å². The summed E-state index contributed by atoms with van der Waals surface area (Å²) in [4.78, 5) is 11.5. The number of rotatable bonds is 6. The number of nitrogens with one attached hydrogen (secondary N) is 1. The Morgan fingerprint density at radius 2 is 2.00 bits per heavy atom. The molecule has 1 N–H and O–H groups in total. The Morgan fingerprint density at radius 1 is 1.11 bits per heavy atom. The van der Waals surface area contributed by atoms with Crippen molar-refractivity contribution in [1.82, 2.24) is 9.88 Å². The summed E-state index contributed by atoms with van der Waals surface area (Å²) in [6.45, 7) is 4.58. The Hall–Kier alpha value is -1.87. The fourth-order valence-corrected chi connectivity index (χ4v) is 2.07. The summed E-state index contributed by atoms with van der Waals surface area (Å²) in [5, 5.41) is 3.37. The van der Waals surface area contributed by atoms with E-state index < -0.39 is 0 Å². The summed E-state index contributed by atoms with van der Waals surface area (Å²) >= 11 is 0. The molecular weight excluding hydrogens is 236 g/mol. The van der Waals surface area contributed by atoms with E-state index in [4.69, 9.17) is 0 Å². The Labute approximate surface area is 113 Å². The zero-order valence-electron chi connectivity index (χ0n) is 11.3. The third-order valence-electron chi connectivity index (χ3n) is 3.10. The zero-order chi connectivity index (χ0) is 13.5. The molecule has 2 rings (SSSR count). The molecule has 0 fully saturated rings. The van der Waals surface area contributed by atoms with Gasteiger partial charge in [0, 0.05) is 25.4 Å². The summed E-state index contributed by atoms with van der Waals surface area (Å²) in [6, 6.07) is 13.8. The van der Waals surface area contributed by atoms with E-state index in [9.17, 15) is 4.79 Å². The summed E-state index contributed by atoms with van der Waals surface area (Å²) in [7, 11) is 0. The fourth-order valence-electron chi connectivity index (χ4n) is 2.07. The van der Waals surface area contributed by atoms with Gasteiger partial charge in [0.25, 0.3) is 5.56 Å². The quantitative estimate of drug-likeness (QED) is 0.802. The molecular formula is C16H20N2O. The number of hydrogen-bond acceptors (Lipinski definition) is 2. The second kappa shape index (κ2) is 6.90. The molecule has 0 saturated heterocycles. The highest BCUT2D eigenvalue weighted by Crippen LogP contribution is 2.03. The van der Waals surface area contributed by atoms with Gasteiger partial charge >= 0.3 is 0 Å². The molecule has 0 unspecified atom stereocenters. The molecule has 1 aromatic heterocycles. The van der Waals surface area contributed by atoms with Crippen LogP contribution in [-0.2, 0) is 13.0 Å². The standard InChI is InChI=1S/C16H20N2O/c1-14-5-4-6-15(13-14)8-9-17-10-12-18-11-3-2-7-16(18)19/h2-7,11,13,17H,8-10,12H2,1H3. The van der Waals surface area contributed by atoms with Crippen LogP contribution in [0.3, 0.4) is 0 Å². The lowest BCUT2D eigenvalue weighted by Crippen LogP contribution is -2.27. The first-order chi connectivity index (χ1) is 9.25. The monoisotopic (exact) mass is 256 g/mol.